The van der Waals surface area contributed by atoms with Gasteiger partial charge in [0.05, 0.1) is 6.04 Å². The van der Waals surface area contributed by atoms with E-state index >= 15 is 0 Å². The number of halogens is 1. The smallest absolute Gasteiger partial charge is 0.289 e. The van der Waals surface area contributed by atoms with Gasteiger partial charge in [-0.1, -0.05) is 56.0 Å². The van der Waals surface area contributed by atoms with Crippen molar-refractivity contribution in [1.82, 2.24) is 15.1 Å². The van der Waals surface area contributed by atoms with Gasteiger partial charge in [0.2, 0.25) is 0 Å². The number of ether oxygens (including phenoxy) is 1. The summed E-state index contributed by atoms with van der Waals surface area (Å²) in [5, 5.41) is 3.03. The van der Waals surface area contributed by atoms with Crippen LogP contribution in [-0.4, -0.2) is 59.9 Å². The third-order valence-corrected chi connectivity index (χ3v) is 8.76. The Morgan fingerprint density at radius 3 is 2.52 bits per heavy atom. The fraction of sp³-hybridized carbons (Fsp3) is 0.515. The number of nitrogens with one attached hydrogen (secondary N) is 1. The molecule has 0 spiro atoms. The second-order valence-electron chi connectivity index (χ2n) is 11.5. The number of fused-ring (bicyclic) bond motifs is 1. The topological polar surface area (TPSA) is 61.9 Å². The molecule has 40 heavy (non-hydrogen) atoms. The number of rotatable bonds is 9. The average molecular weight is 548 g/mol. The van der Waals surface area contributed by atoms with Crippen LogP contribution in [0.1, 0.15) is 85.7 Å². The second kappa shape index (κ2) is 13.4. The first kappa shape index (κ1) is 28.3. The Labute approximate surface area is 237 Å². The predicted molar refractivity (Wildman–Crippen MR) is 155 cm³/mol. The molecule has 2 amide bonds. The summed E-state index contributed by atoms with van der Waals surface area (Å²) in [7, 11) is 2.19. The van der Waals surface area contributed by atoms with Crippen LogP contribution in [0.3, 0.4) is 0 Å². The molecule has 1 heterocycles. The third kappa shape index (κ3) is 6.92. The summed E-state index contributed by atoms with van der Waals surface area (Å²) < 4.78 is 20.6. The van der Waals surface area contributed by atoms with Crippen molar-refractivity contribution >= 4 is 17.9 Å². The van der Waals surface area contributed by atoms with Crippen molar-refractivity contribution in [2.24, 2.45) is 0 Å². The first-order chi connectivity index (χ1) is 19.5. The molecule has 0 aromatic heterocycles. The highest BCUT2D eigenvalue weighted by Gasteiger charge is 2.41. The Hall–Kier alpha value is -3.19. The van der Waals surface area contributed by atoms with E-state index in [1.807, 2.05) is 12.1 Å². The molecular weight excluding hydrogens is 505 g/mol. The number of carbonyl (C=O) groups is 2. The van der Waals surface area contributed by atoms with E-state index in [1.54, 1.807) is 41.3 Å². The predicted octanol–water partition coefficient (Wildman–Crippen LogP) is 5.92. The summed E-state index contributed by atoms with van der Waals surface area (Å²) >= 11 is 0. The quantitative estimate of drug-likeness (QED) is 0.313. The lowest BCUT2D eigenvalue weighted by Crippen LogP contribution is -2.54. The van der Waals surface area contributed by atoms with Gasteiger partial charge in [0, 0.05) is 30.3 Å². The minimum atomic E-state index is -0.301. The van der Waals surface area contributed by atoms with Crippen LogP contribution in [0.4, 0.5) is 4.39 Å². The summed E-state index contributed by atoms with van der Waals surface area (Å²) in [6, 6.07) is 14.5. The number of morpholine rings is 1. The van der Waals surface area contributed by atoms with E-state index in [2.05, 4.69) is 17.3 Å². The Morgan fingerprint density at radius 1 is 1.02 bits per heavy atom. The average Bonchev–Trinajstić information content (AvgIpc) is 2.99. The SMILES string of the molecule is CN(CCCNC(=O)c1ccc(/C=C2\OC3CCCCC3N(Cc3ccccc3F)C2=O)cc1)C1CCCCC1. The maximum atomic E-state index is 14.4. The van der Waals surface area contributed by atoms with Gasteiger partial charge in [-0.05, 0) is 82.0 Å². The van der Waals surface area contributed by atoms with Crippen molar-refractivity contribution in [3.8, 4) is 0 Å². The number of nitrogens with zero attached hydrogens (tertiary/aromatic N) is 2. The highest BCUT2D eigenvalue weighted by Crippen LogP contribution is 2.34. The van der Waals surface area contributed by atoms with Gasteiger partial charge in [-0.15, -0.1) is 0 Å². The Bertz CT molecular complexity index is 1190. The molecule has 2 aromatic rings. The standard InChI is InChI=1S/C33H42FN3O3/c1-36(27-11-3-2-4-12-27)21-9-20-35-32(38)25-18-16-24(17-19-25)22-31-33(39)37(23-26-10-5-6-13-28(26)34)29-14-7-8-15-30(29)40-31/h5-6,10,13,16-19,22,27,29-30H,2-4,7-9,11-12,14-15,20-21,23H2,1H3,(H,35,38)/b31-22-. The summed E-state index contributed by atoms with van der Waals surface area (Å²) in [4.78, 5) is 30.4. The number of hydrogen-bond acceptors (Lipinski definition) is 4. The van der Waals surface area contributed by atoms with Crippen molar-refractivity contribution in [3.63, 3.8) is 0 Å². The largest absolute Gasteiger partial charge is 0.482 e. The first-order valence-electron chi connectivity index (χ1n) is 15.0. The zero-order valence-corrected chi connectivity index (χ0v) is 23.6. The van der Waals surface area contributed by atoms with E-state index in [0.29, 0.717) is 23.7 Å². The zero-order valence-electron chi connectivity index (χ0n) is 23.6. The molecule has 6 nitrogen and oxygen atoms in total. The maximum absolute atomic E-state index is 14.4. The van der Waals surface area contributed by atoms with Crippen LogP contribution in [0.15, 0.2) is 54.3 Å². The second-order valence-corrected chi connectivity index (χ2v) is 11.5. The molecule has 0 radical (unpaired) electrons. The lowest BCUT2D eigenvalue weighted by Gasteiger charge is -2.44. The third-order valence-electron chi connectivity index (χ3n) is 8.76. The monoisotopic (exact) mass is 547 g/mol. The zero-order chi connectivity index (χ0) is 27.9. The van der Waals surface area contributed by atoms with Gasteiger partial charge < -0.3 is 19.9 Å². The molecule has 5 rings (SSSR count). The van der Waals surface area contributed by atoms with Gasteiger partial charge in [-0.2, -0.15) is 0 Å². The lowest BCUT2D eigenvalue weighted by atomic mass is 9.89. The molecule has 1 saturated heterocycles. The molecule has 1 aliphatic heterocycles. The van der Waals surface area contributed by atoms with Crippen LogP contribution >= 0.6 is 0 Å². The van der Waals surface area contributed by atoms with Crippen molar-refractivity contribution in [1.29, 1.82) is 0 Å². The van der Waals surface area contributed by atoms with Gasteiger partial charge in [-0.3, -0.25) is 9.59 Å². The molecule has 1 N–H and O–H groups in total. The minimum Gasteiger partial charge on any atom is -0.482 e. The van der Waals surface area contributed by atoms with Crippen molar-refractivity contribution in [2.45, 2.75) is 88.9 Å². The molecule has 2 aliphatic carbocycles. The van der Waals surface area contributed by atoms with Crippen LogP contribution < -0.4 is 5.32 Å². The molecule has 2 unspecified atom stereocenters. The first-order valence-corrected chi connectivity index (χ1v) is 15.0. The molecule has 7 heteroatoms. The van der Waals surface area contributed by atoms with Gasteiger partial charge >= 0.3 is 0 Å². The fourth-order valence-corrected chi connectivity index (χ4v) is 6.39. The molecule has 214 valence electrons. The van der Waals surface area contributed by atoms with Crippen molar-refractivity contribution in [3.05, 3.63) is 76.8 Å². The fourth-order valence-electron chi connectivity index (χ4n) is 6.39. The minimum absolute atomic E-state index is 0.0495. The van der Waals surface area contributed by atoms with E-state index < -0.39 is 0 Å². The number of amides is 2. The lowest BCUT2D eigenvalue weighted by molar-refractivity contribution is -0.149. The van der Waals surface area contributed by atoms with E-state index in [1.165, 1.54) is 38.2 Å². The van der Waals surface area contributed by atoms with Crippen LogP contribution in [0, 0.1) is 5.82 Å². The number of hydrogen-bond donors (Lipinski definition) is 1. The van der Waals surface area contributed by atoms with E-state index in [4.69, 9.17) is 4.74 Å². The summed E-state index contributed by atoms with van der Waals surface area (Å²) in [6.45, 7) is 1.86. The van der Waals surface area contributed by atoms with Gasteiger partial charge in [0.25, 0.3) is 11.8 Å². The summed E-state index contributed by atoms with van der Waals surface area (Å²) in [5.74, 6) is -0.333. The number of benzene rings is 2. The van der Waals surface area contributed by atoms with Crippen molar-refractivity contribution in [2.75, 3.05) is 20.1 Å². The molecule has 3 fully saturated rings. The normalized spacial score (nSPS) is 22.7. The van der Waals surface area contributed by atoms with E-state index in [0.717, 1.165) is 44.2 Å². The molecule has 2 saturated carbocycles. The van der Waals surface area contributed by atoms with Crippen LogP contribution in [0.2, 0.25) is 0 Å². The van der Waals surface area contributed by atoms with E-state index in [9.17, 15) is 14.0 Å². The maximum Gasteiger partial charge on any atom is 0.289 e. The molecule has 3 aliphatic rings. The van der Waals surface area contributed by atoms with Gasteiger partial charge in [-0.25, -0.2) is 4.39 Å². The summed E-state index contributed by atoms with van der Waals surface area (Å²) in [6.07, 6.45) is 13.0. The van der Waals surface area contributed by atoms with Gasteiger partial charge in [0.1, 0.15) is 11.9 Å². The molecule has 2 atom stereocenters. The van der Waals surface area contributed by atoms with Crippen LogP contribution in [0.25, 0.3) is 6.08 Å². The highest BCUT2D eigenvalue weighted by molar-refractivity contribution is 5.97. The van der Waals surface area contributed by atoms with Gasteiger partial charge in [0.15, 0.2) is 5.76 Å². The Kier molecular flexibility index (Phi) is 9.53. The van der Waals surface area contributed by atoms with Crippen LogP contribution in [-0.2, 0) is 16.1 Å². The summed E-state index contributed by atoms with van der Waals surface area (Å²) in [5.41, 5.74) is 1.89. The van der Waals surface area contributed by atoms with Crippen LogP contribution in [0.5, 0.6) is 0 Å². The molecule has 0 bridgehead atoms. The van der Waals surface area contributed by atoms with Crippen molar-refractivity contribution < 1.29 is 18.7 Å². The number of carbonyl (C=O) groups excluding carboxylic acids is 2. The molecular formula is C33H42FN3O3. The Balaban J connectivity index is 1.19. The van der Waals surface area contributed by atoms with E-state index in [-0.39, 0.29) is 42.1 Å². The highest BCUT2D eigenvalue weighted by atomic mass is 19.1. The molecule has 2 aromatic carbocycles. The Morgan fingerprint density at radius 2 is 1.75 bits per heavy atom.